The van der Waals surface area contributed by atoms with E-state index < -0.39 is 15.8 Å². The SMILES string of the molecule is Cc1ccc(S(=O)(=O)N/N=C2\C[C@H]3[C@@H](CC[C@H]4C[C@@H](O)CC[C@@]43C)[C@@H]3C[C@@H]4O[C@]5(CC[C@@H](C)CO5)[C@@H](C)[C@@H]4[C@@]23C)cc1. The number of hydrogen-bond donors (Lipinski definition) is 2. The summed E-state index contributed by atoms with van der Waals surface area (Å²) in [5.41, 5.74) is 1.89. The molecule has 232 valence electrons. The van der Waals surface area contributed by atoms with E-state index in [1.54, 1.807) is 12.1 Å². The van der Waals surface area contributed by atoms with Gasteiger partial charge in [-0.05, 0) is 105 Å². The van der Waals surface area contributed by atoms with Crippen LogP contribution in [0.4, 0.5) is 0 Å². The fourth-order valence-corrected chi connectivity index (χ4v) is 11.8. The zero-order valence-corrected chi connectivity index (χ0v) is 26.8. The van der Waals surface area contributed by atoms with Crippen LogP contribution in [-0.4, -0.2) is 43.8 Å². The van der Waals surface area contributed by atoms with Gasteiger partial charge in [-0.2, -0.15) is 13.5 Å². The molecule has 12 atom stereocenters. The normalized spacial score (nSPS) is 49.3. The molecule has 0 aromatic heterocycles. The summed E-state index contributed by atoms with van der Waals surface area (Å²) in [5.74, 6) is 2.33. The highest BCUT2D eigenvalue weighted by molar-refractivity contribution is 7.89. The second-order valence-corrected chi connectivity index (χ2v) is 17.2. The molecule has 2 saturated heterocycles. The number of nitrogens with one attached hydrogen (secondary N) is 1. The molecular weight excluding hydrogens is 548 g/mol. The Morgan fingerprint density at radius 2 is 1.76 bits per heavy atom. The summed E-state index contributed by atoms with van der Waals surface area (Å²) in [6, 6.07) is 6.97. The van der Waals surface area contributed by atoms with Gasteiger partial charge in [0, 0.05) is 29.4 Å². The largest absolute Gasteiger partial charge is 0.393 e. The second kappa shape index (κ2) is 10.0. The average molecular weight is 599 g/mol. The summed E-state index contributed by atoms with van der Waals surface area (Å²) < 4.78 is 40.5. The first-order valence-electron chi connectivity index (χ1n) is 16.5. The molecule has 0 unspecified atom stereocenters. The van der Waals surface area contributed by atoms with E-state index in [1.165, 1.54) is 12.8 Å². The first-order valence-corrected chi connectivity index (χ1v) is 18.0. The molecule has 1 spiro atoms. The molecule has 2 aliphatic heterocycles. The Kier molecular flexibility index (Phi) is 6.97. The van der Waals surface area contributed by atoms with Gasteiger partial charge in [0.2, 0.25) is 0 Å². The minimum absolute atomic E-state index is 0.0970. The van der Waals surface area contributed by atoms with Crippen molar-refractivity contribution in [1.82, 2.24) is 4.83 Å². The van der Waals surface area contributed by atoms with Crippen LogP contribution in [0.5, 0.6) is 0 Å². The van der Waals surface area contributed by atoms with Gasteiger partial charge in [-0.25, -0.2) is 4.83 Å². The summed E-state index contributed by atoms with van der Waals surface area (Å²) in [7, 11) is -3.80. The summed E-state index contributed by atoms with van der Waals surface area (Å²) in [5, 5.41) is 15.5. The van der Waals surface area contributed by atoms with E-state index in [2.05, 4.69) is 32.5 Å². The van der Waals surface area contributed by atoms with Gasteiger partial charge in [0.15, 0.2) is 5.79 Å². The number of hydrogen-bond acceptors (Lipinski definition) is 6. The lowest BCUT2D eigenvalue weighted by atomic mass is 9.44. The Morgan fingerprint density at radius 3 is 2.48 bits per heavy atom. The Bertz CT molecular complexity index is 1340. The van der Waals surface area contributed by atoms with E-state index in [-0.39, 0.29) is 39.8 Å². The molecule has 7 rings (SSSR count). The lowest BCUT2D eigenvalue weighted by Crippen LogP contribution is -2.58. The Hall–Kier alpha value is -1.48. The number of fused-ring (bicyclic) bond motifs is 7. The molecule has 42 heavy (non-hydrogen) atoms. The van der Waals surface area contributed by atoms with E-state index in [1.807, 2.05) is 19.1 Å². The highest BCUT2D eigenvalue weighted by Crippen LogP contribution is 2.70. The first-order chi connectivity index (χ1) is 19.9. The fraction of sp³-hybridized carbons (Fsp3) is 0.794. The van der Waals surface area contributed by atoms with Crippen molar-refractivity contribution in [2.24, 2.45) is 57.4 Å². The maximum Gasteiger partial charge on any atom is 0.276 e. The zero-order chi connectivity index (χ0) is 29.7. The molecular formula is C34H50N2O5S. The predicted molar refractivity (Wildman–Crippen MR) is 162 cm³/mol. The molecule has 1 aromatic rings. The molecule has 1 aromatic carbocycles. The maximum atomic E-state index is 13.5. The third kappa shape index (κ3) is 4.28. The van der Waals surface area contributed by atoms with Gasteiger partial charge < -0.3 is 14.6 Å². The van der Waals surface area contributed by atoms with Crippen molar-refractivity contribution in [2.45, 2.75) is 115 Å². The van der Waals surface area contributed by atoms with E-state index >= 15 is 0 Å². The predicted octanol–water partition coefficient (Wildman–Crippen LogP) is 6.05. The molecule has 0 bridgehead atoms. The molecule has 0 radical (unpaired) electrons. The zero-order valence-electron chi connectivity index (χ0n) is 26.0. The molecule has 4 aliphatic carbocycles. The van der Waals surface area contributed by atoms with Crippen LogP contribution in [0.3, 0.4) is 0 Å². The standard InChI is InChI=1S/C34H50N2O5S/c1-20-6-9-25(10-7-20)42(38,39)36-35-30-18-27-26(11-8-23-16-24(37)13-14-32(23,27)4)28-17-29-31(33(28,30)5)22(3)34(41-29)15-12-21(2)19-40-34/h6-7,9-10,21-24,26-29,31,36-37H,8,11-19H2,1-5H3/b35-30+/t21-,22+,23+,24+,26-,27+,28+,29+,31+,32+,33-,34-/m1/s1. The van der Waals surface area contributed by atoms with Crippen molar-refractivity contribution in [2.75, 3.05) is 6.61 Å². The van der Waals surface area contributed by atoms with Crippen molar-refractivity contribution in [3.63, 3.8) is 0 Å². The maximum absolute atomic E-state index is 13.5. The van der Waals surface area contributed by atoms with Crippen LogP contribution < -0.4 is 4.83 Å². The van der Waals surface area contributed by atoms with Gasteiger partial charge in [0.1, 0.15) is 0 Å². The summed E-state index contributed by atoms with van der Waals surface area (Å²) in [6.07, 6.45) is 8.84. The van der Waals surface area contributed by atoms with E-state index in [4.69, 9.17) is 14.6 Å². The van der Waals surface area contributed by atoms with Crippen LogP contribution in [0.25, 0.3) is 0 Å². The number of benzene rings is 1. The number of aliphatic hydroxyl groups excluding tert-OH is 1. The molecule has 0 amide bonds. The molecule has 4 saturated carbocycles. The average Bonchev–Trinajstić information content (AvgIpc) is 3.40. The van der Waals surface area contributed by atoms with Crippen LogP contribution in [0, 0.1) is 59.2 Å². The third-order valence-electron chi connectivity index (χ3n) is 13.4. The van der Waals surface area contributed by atoms with Crippen molar-refractivity contribution >= 4 is 15.7 Å². The van der Waals surface area contributed by atoms with Crippen molar-refractivity contribution < 1.29 is 23.0 Å². The molecule has 6 fully saturated rings. The van der Waals surface area contributed by atoms with Gasteiger partial charge in [-0.15, -0.1) is 0 Å². The highest BCUT2D eigenvalue weighted by atomic mass is 32.2. The van der Waals surface area contributed by atoms with E-state index in [0.29, 0.717) is 29.6 Å². The van der Waals surface area contributed by atoms with Crippen LogP contribution >= 0.6 is 0 Å². The molecule has 2 heterocycles. The van der Waals surface area contributed by atoms with Crippen molar-refractivity contribution in [1.29, 1.82) is 0 Å². The first kappa shape index (κ1) is 29.2. The third-order valence-corrected chi connectivity index (χ3v) is 14.7. The topological polar surface area (TPSA) is 97.2 Å². The number of hydrazone groups is 1. The number of rotatable bonds is 3. The smallest absolute Gasteiger partial charge is 0.276 e. The second-order valence-electron chi connectivity index (χ2n) is 15.5. The number of aryl methyl sites for hydroxylation is 1. The van der Waals surface area contributed by atoms with Crippen LogP contribution in [0.15, 0.2) is 34.3 Å². The minimum Gasteiger partial charge on any atom is -0.393 e. The van der Waals surface area contributed by atoms with E-state index in [9.17, 15) is 13.5 Å². The van der Waals surface area contributed by atoms with Crippen LogP contribution in [-0.2, 0) is 19.5 Å². The quantitative estimate of drug-likeness (QED) is 0.413. The summed E-state index contributed by atoms with van der Waals surface area (Å²) in [4.78, 5) is 2.95. The number of aliphatic hydroxyl groups is 1. The van der Waals surface area contributed by atoms with Gasteiger partial charge in [0.25, 0.3) is 10.0 Å². The Labute approximate surface area is 252 Å². The number of sulfonamides is 1. The molecule has 8 heteroatoms. The monoisotopic (exact) mass is 598 g/mol. The summed E-state index contributed by atoms with van der Waals surface area (Å²) >= 11 is 0. The van der Waals surface area contributed by atoms with Gasteiger partial charge in [-0.3, -0.25) is 0 Å². The summed E-state index contributed by atoms with van der Waals surface area (Å²) in [6.45, 7) is 12.1. The molecule has 2 N–H and O–H groups in total. The van der Waals surface area contributed by atoms with Gasteiger partial charge in [0.05, 0.1) is 23.7 Å². The highest BCUT2D eigenvalue weighted by Gasteiger charge is 2.71. The van der Waals surface area contributed by atoms with Gasteiger partial charge in [-0.1, -0.05) is 45.4 Å². The van der Waals surface area contributed by atoms with Crippen molar-refractivity contribution in [3.8, 4) is 0 Å². The fourth-order valence-electron chi connectivity index (χ4n) is 11.0. The molecule has 7 nitrogen and oxygen atoms in total. The molecule has 6 aliphatic rings. The van der Waals surface area contributed by atoms with Crippen molar-refractivity contribution in [3.05, 3.63) is 29.8 Å². The number of ether oxygens (including phenoxy) is 2. The lowest BCUT2D eigenvalue weighted by molar-refractivity contribution is -0.272. The van der Waals surface area contributed by atoms with Gasteiger partial charge >= 0.3 is 0 Å². The number of nitrogens with zero attached hydrogens (tertiary/aromatic N) is 1. The lowest BCUT2D eigenvalue weighted by Gasteiger charge is -2.61. The minimum atomic E-state index is -3.80. The Balaban J connectivity index is 1.27. The Morgan fingerprint density at radius 1 is 1.00 bits per heavy atom. The van der Waals surface area contributed by atoms with Crippen LogP contribution in [0.1, 0.15) is 91.0 Å². The van der Waals surface area contributed by atoms with Crippen LogP contribution in [0.2, 0.25) is 0 Å². The van der Waals surface area contributed by atoms with E-state index in [0.717, 1.165) is 62.8 Å².